The molecule has 138 valence electrons. The van der Waals surface area contributed by atoms with Gasteiger partial charge in [0.2, 0.25) is 5.91 Å². The van der Waals surface area contributed by atoms with Gasteiger partial charge in [0.05, 0.1) is 12.6 Å². The highest BCUT2D eigenvalue weighted by atomic mass is 35.5. The summed E-state index contributed by atoms with van der Waals surface area (Å²) in [6.45, 7) is 5.98. The van der Waals surface area contributed by atoms with Crippen molar-refractivity contribution < 1.29 is 9.21 Å². The first kappa shape index (κ1) is 18.9. The van der Waals surface area contributed by atoms with Crippen molar-refractivity contribution in [2.75, 3.05) is 0 Å². The van der Waals surface area contributed by atoms with Gasteiger partial charge in [0.15, 0.2) is 0 Å². The maximum Gasteiger partial charge on any atom is 0.244 e. The fourth-order valence-electron chi connectivity index (χ4n) is 2.75. The van der Waals surface area contributed by atoms with E-state index in [0.717, 1.165) is 22.3 Å². The highest BCUT2D eigenvalue weighted by molar-refractivity contribution is 6.31. The van der Waals surface area contributed by atoms with Crippen LogP contribution in [0, 0.1) is 20.8 Å². The van der Waals surface area contributed by atoms with Gasteiger partial charge in [-0.3, -0.25) is 4.79 Å². The Balaban J connectivity index is 1.60. The summed E-state index contributed by atoms with van der Waals surface area (Å²) in [6.07, 6.45) is 1.77. The molecule has 2 aromatic carbocycles. The molecule has 0 atom stereocenters. The fraction of sp³-hybridized carbons (Fsp3) is 0.182. The Morgan fingerprint density at radius 2 is 1.89 bits per heavy atom. The van der Waals surface area contributed by atoms with Crippen LogP contribution in [0.4, 0.5) is 0 Å². The molecule has 1 N–H and O–H groups in total. The number of furan rings is 1. The molecule has 0 spiro atoms. The molecule has 27 heavy (non-hydrogen) atoms. The number of benzene rings is 2. The maximum absolute atomic E-state index is 12.1. The van der Waals surface area contributed by atoms with Crippen molar-refractivity contribution in [2.24, 2.45) is 5.10 Å². The van der Waals surface area contributed by atoms with Crippen LogP contribution in [0.15, 0.2) is 58.0 Å². The van der Waals surface area contributed by atoms with E-state index in [1.807, 2.05) is 57.2 Å². The average Bonchev–Trinajstić information content (AvgIpc) is 3.09. The molecule has 0 aliphatic heterocycles. The molecular formula is C22H21ClN2O2. The topological polar surface area (TPSA) is 54.6 Å². The van der Waals surface area contributed by atoms with E-state index in [0.29, 0.717) is 16.5 Å². The Morgan fingerprint density at radius 1 is 1.07 bits per heavy atom. The minimum Gasteiger partial charge on any atom is -0.455 e. The molecule has 0 fully saturated rings. The van der Waals surface area contributed by atoms with E-state index in [9.17, 15) is 4.79 Å². The van der Waals surface area contributed by atoms with Crippen molar-refractivity contribution in [2.45, 2.75) is 27.2 Å². The van der Waals surface area contributed by atoms with E-state index in [1.54, 1.807) is 6.07 Å². The van der Waals surface area contributed by atoms with Crippen LogP contribution in [-0.4, -0.2) is 12.1 Å². The number of hydrogen-bond acceptors (Lipinski definition) is 3. The zero-order chi connectivity index (χ0) is 19.4. The minimum atomic E-state index is -0.171. The van der Waals surface area contributed by atoms with Gasteiger partial charge in [0, 0.05) is 10.6 Å². The summed E-state index contributed by atoms with van der Waals surface area (Å²) < 4.78 is 5.74. The quantitative estimate of drug-likeness (QED) is 0.487. The first-order valence-corrected chi connectivity index (χ1v) is 9.04. The zero-order valence-electron chi connectivity index (χ0n) is 15.5. The smallest absolute Gasteiger partial charge is 0.244 e. The summed E-state index contributed by atoms with van der Waals surface area (Å²) in [5, 5.41) is 4.67. The molecule has 1 heterocycles. The van der Waals surface area contributed by atoms with E-state index in [4.69, 9.17) is 16.0 Å². The number of halogens is 1. The predicted molar refractivity (Wildman–Crippen MR) is 109 cm³/mol. The molecule has 1 amide bonds. The fourth-order valence-corrected chi connectivity index (χ4v) is 2.93. The Labute approximate surface area is 163 Å². The van der Waals surface area contributed by atoms with E-state index in [1.165, 1.54) is 11.8 Å². The molecule has 5 heteroatoms. The second kappa shape index (κ2) is 8.23. The van der Waals surface area contributed by atoms with Crippen LogP contribution >= 0.6 is 11.6 Å². The van der Waals surface area contributed by atoms with Crippen molar-refractivity contribution >= 4 is 23.7 Å². The highest BCUT2D eigenvalue weighted by Gasteiger charge is 2.07. The van der Waals surface area contributed by atoms with Gasteiger partial charge in [-0.15, -0.1) is 0 Å². The first-order valence-electron chi connectivity index (χ1n) is 8.67. The number of hydrazone groups is 1. The lowest BCUT2D eigenvalue weighted by molar-refractivity contribution is -0.120. The SMILES string of the molecule is Cc1ccc(CC(=O)N/N=C/c2ccc(-c3ccc(C)c(Cl)c3)o2)c(C)c1. The molecule has 3 aromatic rings. The van der Waals surface area contributed by atoms with E-state index < -0.39 is 0 Å². The number of carbonyl (C=O) groups is 1. The summed E-state index contributed by atoms with van der Waals surface area (Å²) in [5.74, 6) is 1.07. The molecule has 0 saturated heterocycles. The lowest BCUT2D eigenvalue weighted by Gasteiger charge is -2.05. The van der Waals surface area contributed by atoms with Gasteiger partial charge >= 0.3 is 0 Å². The van der Waals surface area contributed by atoms with Crippen LogP contribution < -0.4 is 5.43 Å². The third kappa shape index (κ3) is 4.86. The summed E-state index contributed by atoms with van der Waals surface area (Å²) in [5.41, 5.74) is 7.71. The summed E-state index contributed by atoms with van der Waals surface area (Å²) in [4.78, 5) is 12.1. The van der Waals surface area contributed by atoms with Gasteiger partial charge in [-0.05, 0) is 55.7 Å². The third-order valence-corrected chi connectivity index (χ3v) is 4.72. The van der Waals surface area contributed by atoms with Crippen LogP contribution in [0.25, 0.3) is 11.3 Å². The van der Waals surface area contributed by atoms with Gasteiger partial charge in [-0.2, -0.15) is 5.10 Å². The van der Waals surface area contributed by atoms with Gasteiger partial charge in [0.1, 0.15) is 11.5 Å². The number of nitrogens with one attached hydrogen (secondary N) is 1. The van der Waals surface area contributed by atoms with E-state index in [-0.39, 0.29) is 12.3 Å². The number of nitrogens with zero attached hydrogens (tertiary/aromatic N) is 1. The number of amides is 1. The van der Waals surface area contributed by atoms with Crippen molar-refractivity contribution in [3.05, 3.63) is 81.6 Å². The van der Waals surface area contributed by atoms with E-state index in [2.05, 4.69) is 16.6 Å². The van der Waals surface area contributed by atoms with Crippen LogP contribution in [-0.2, 0) is 11.2 Å². The molecule has 1 aromatic heterocycles. The summed E-state index contributed by atoms with van der Waals surface area (Å²) in [7, 11) is 0. The standard InChI is InChI=1S/C22H21ClN2O2/c1-14-4-6-17(16(3)10-14)12-22(26)25-24-13-19-8-9-21(27-19)18-7-5-15(2)20(23)11-18/h4-11,13H,12H2,1-3H3,(H,25,26)/b24-13+. The third-order valence-electron chi connectivity index (χ3n) is 4.31. The molecule has 0 aliphatic rings. The second-order valence-electron chi connectivity index (χ2n) is 6.57. The second-order valence-corrected chi connectivity index (χ2v) is 6.97. The highest BCUT2D eigenvalue weighted by Crippen LogP contribution is 2.26. The molecule has 4 nitrogen and oxygen atoms in total. The van der Waals surface area contributed by atoms with Crippen molar-refractivity contribution in [3.63, 3.8) is 0 Å². The van der Waals surface area contributed by atoms with Gasteiger partial charge in [0.25, 0.3) is 0 Å². The zero-order valence-corrected chi connectivity index (χ0v) is 16.3. The molecule has 0 radical (unpaired) electrons. The molecule has 3 rings (SSSR count). The number of aryl methyl sites for hydroxylation is 3. The van der Waals surface area contributed by atoms with Crippen molar-refractivity contribution in [1.29, 1.82) is 0 Å². The average molecular weight is 381 g/mol. The molecule has 0 aliphatic carbocycles. The van der Waals surface area contributed by atoms with Gasteiger partial charge in [-0.1, -0.05) is 47.5 Å². The number of carbonyl (C=O) groups excluding carboxylic acids is 1. The maximum atomic E-state index is 12.1. The lowest BCUT2D eigenvalue weighted by atomic mass is 10.0. The molecule has 0 unspecified atom stereocenters. The molecular weight excluding hydrogens is 360 g/mol. The molecule has 0 bridgehead atoms. The van der Waals surface area contributed by atoms with Gasteiger partial charge < -0.3 is 4.42 Å². The number of hydrogen-bond donors (Lipinski definition) is 1. The minimum absolute atomic E-state index is 0.171. The lowest BCUT2D eigenvalue weighted by Crippen LogP contribution is -2.20. The van der Waals surface area contributed by atoms with Gasteiger partial charge in [-0.25, -0.2) is 5.43 Å². The Morgan fingerprint density at radius 3 is 2.63 bits per heavy atom. The molecule has 0 saturated carbocycles. The largest absolute Gasteiger partial charge is 0.455 e. The summed E-state index contributed by atoms with van der Waals surface area (Å²) in [6, 6.07) is 15.4. The monoisotopic (exact) mass is 380 g/mol. The van der Waals surface area contributed by atoms with Crippen LogP contribution in [0.3, 0.4) is 0 Å². The number of rotatable bonds is 5. The van der Waals surface area contributed by atoms with Crippen LogP contribution in [0.2, 0.25) is 5.02 Å². The first-order chi connectivity index (χ1) is 12.9. The van der Waals surface area contributed by atoms with Crippen LogP contribution in [0.5, 0.6) is 0 Å². The van der Waals surface area contributed by atoms with E-state index >= 15 is 0 Å². The van der Waals surface area contributed by atoms with Crippen LogP contribution in [0.1, 0.15) is 28.0 Å². The predicted octanol–water partition coefficient (Wildman–Crippen LogP) is 5.22. The Bertz CT molecular complexity index is 1010. The summed E-state index contributed by atoms with van der Waals surface area (Å²) >= 11 is 6.16. The Hall–Kier alpha value is -2.85. The van der Waals surface area contributed by atoms with Crippen molar-refractivity contribution in [3.8, 4) is 11.3 Å². The Kier molecular flexibility index (Phi) is 5.77. The normalized spacial score (nSPS) is 11.1. The van der Waals surface area contributed by atoms with Crippen molar-refractivity contribution in [1.82, 2.24) is 5.43 Å².